The summed E-state index contributed by atoms with van der Waals surface area (Å²) in [7, 11) is -3.80. The van der Waals surface area contributed by atoms with Crippen LogP contribution >= 0.6 is 11.3 Å². The Kier molecular flexibility index (Phi) is 6.59. The molecule has 0 bridgehead atoms. The first-order chi connectivity index (χ1) is 15.4. The number of aromatic nitrogens is 2. The van der Waals surface area contributed by atoms with E-state index in [4.69, 9.17) is 0 Å². The van der Waals surface area contributed by atoms with Gasteiger partial charge in [-0.1, -0.05) is 72.0 Å². The highest BCUT2D eigenvalue weighted by Gasteiger charge is 2.21. The van der Waals surface area contributed by atoms with Gasteiger partial charge in [-0.2, -0.15) is 0 Å². The van der Waals surface area contributed by atoms with E-state index in [2.05, 4.69) is 44.5 Å². The van der Waals surface area contributed by atoms with Crippen LogP contribution < -0.4 is 10.0 Å². The molecule has 0 saturated heterocycles. The summed E-state index contributed by atoms with van der Waals surface area (Å²) in [6.07, 6.45) is 1.39. The molecule has 164 valence electrons. The van der Waals surface area contributed by atoms with Crippen molar-refractivity contribution in [3.8, 4) is 0 Å². The molecule has 0 unspecified atom stereocenters. The van der Waals surface area contributed by atoms with Gasteiger partial charge in [-0.3, -0.25) is 10.1 Å². The number of hydrogen-bond donors (Lipinski definition) is 2. The number of hydrogen-bond acceptors (Lipinski definition) is 6. The van der Waals surface area contributed by atoms with Gasteiger partial charge in [0.05, 0.1) is 0 Å². The molecular weight excluding hydrogens is 444 g/mol. The van der Waals surface area contributed by atoms with Crippen LogP contribution in [0.15, 0.2) is 71.1 Å². The van der Waals surface area contributed by atoms with Crippen molar-refractivity contribution in [1.82, 2.24) is 14.9 Å². The Morgan fingerprint density at radius 3 is 2.56 bits per heavy atom. The van der Waals surface area contributed by atoms with E-state index in [-0.39, 0.29) is 21.9 Å². The number of amides is 1. The maximum absolute atomic E-state index is 12.6. The monoisotopic (exact) mass is 466 g/mol. The third-order valence-corrected chi connectivity index (χ3v) is 7.71. The Morgan fingerprint density at radius 2 is 1.72 bits per heavy atom. The SMILES string of the molecule is Cc1ccccc1C(=O)Nc1nnc(S(=O)(=O)NCCCc2cccc3ccccc23)s1. The van der Waals surface area contributed by atoms with Crippen LogP contribution in [0.5, 0.6) is 0 Å². The average Bonchev–Trinajstić information content (AvgIpc) is 3.26. The van der Waals surface area contributed by atoms with Gasteiger partial charge in [-0.15, -0.1) is 10.2 Å². The van der Waals surface area contributed by atoms with Crippen molar-refractivity contribution in [2.45, 2.75) is 24.1 Å². The largest absolute Gasteiger partial charge is 0.296 e. The molecule has 3 aromatic carbocycles. The first-order valence-corrected chi connectivity index (χ1v) is 12.4. The minimum atomic E-state index is -3.80. The highest BCUT2D eigenvalue weighted by atomic mass is 32.2. The van der Waals surface area contributed by atoms with E-state index in [9.17, 15) is 13.2 Å². The van der Waals surface area contributed by atoms with Gasteiger partial charge in [0, 0.05) is 12.1 Å². The fourth-order valence-corrected chi connectivity index (χ4v) is 5.43. The number of benzene rings is 3. The van der Waals surface area contributed by atoms with Crippen LogP contribution in [-0.4, -0.2) is 31.1 Å². The van der Waals surface area contributed by atoms with Crippen LogP contribution in [0.25, 0.3) is 10.8 Å². The fourth-order valence-electron chi connectivity index (χ4n) is 3.42. The predicted molar refractivity (Wildman–Crippen MR) is 126 cm³/mol. The Morgan fingerprint density at radius 1 is 0.969 bits per heavy atom. The van der Waals surface area contributed by atoms with Gasteiger partial charge in [-0.25, -0.2) is 13.1 Å². The molecule has 0 spiro atoms. The van der Waals surface area contributed by atoms with Gasteiger partial charge in [0.25, 0.3) is 15.9 Å². The maximum atomic E-state index is 12.6. The van der Waals surface area contributed by atoms with Crippen molar-refractivity contribution in [1.29, 1.82) is 0 Å². The highest BCUT2D eigenvalue weighted by Crippen LogP contribution is 2.22. The zero-order valence-electron chi connectivity index (χ0n) is 17.4. The Balaban J connectivity index is 1.34. The number of fused-ring (bicyclic) bond motifs is 1. The molecule has 9 heteroatoms. The lowest BCUT2D eigenvalue weighted by molar-refractivity contribution is 0.102. The van der Waals surface area contributed by atoms with Crippen LogP contribution in [0.2, 0.25) is 0 Å². The van der Waals surface area contributed by atoms with E-state index in [0.29, 0.717) is 12.0 Å². The Bertz CT molecular complexity index is 1360. The summed E-state index contributed by atoms with van der Waals surface area (Å²) in [6, 6.07) is 21.4. The lowest BCUT2D eigenvalue weighted by Gasteiger charge is -2.07. The van der Waals surface area contributed by atoms with Gasteiger partial charge in [0.15, 0.2) is 0 Å². The summed E-state index contributed by atoms with van der Waals surface area (Å²) >= 11 is 0.820. The minimum Gasteiger partial charge on any atom is -0.296 e. The van der Waals surface area contributed by atoms with E-state index in [1.54, 1.807) is 12.1 Å². The number of carbonyl (C=O) groups is 1. The second kappa shape index (κ2) is 9.56. The number of aryl methyl sites for hydroxylation is 2. The zero-order chi connectivity index (χ0) is 22.6. The molecule has 4 aromatic rings. The molecule has 0 aliphatic carbocycles. The van der Waals surface area contributed by atoms with Crippen LogP contribution in [0.3, 0.4) is 0 Å². The summed E-state index contributed by atoms with van der Waals surface area (Å²) in [5.41, 5.74) is 2.49. The molecule has 0 fully saturated rings. The molecule has 0 radical (unpaired) electrons. The molecule has 1 aromatic heterocycles. The third kappa shape index (κ3) is 5.01. The molecular formula is C23H22N4O3S2. The highest BCUT2D eigenvalue weighted by molar-refractivity contribution is 7.91. The van der Waals surface area contributed by atoms with E-state index in [1.165, 1.54) is 16.3 Å². The standard InChI is InChI=1S/C23H22N4O3S2/c1-16-8-2-4-13-19(16)21(28)25-22-26-27-23(31-22)32(29,30)24-15-7-12-18-11-6-10-17-9-3-5-14-20(17)18/h2-6,8-11,13-14,24H,7,12,15H2,1H3,(H,25,26,28). The molecule has 4 rings (SSSR count). The van der Waals surface area contributed by atoms with E-state index < -0.39 is 10.0 Å². The number of sulfonamides is 1. The van der Waals surface area contributed by atoms with Gasteiger partial charge in [0.1, 0.15) is 0 Å². The zero-order valence-corrected chi connectivity index (χ0v) is 19.0. The quantitative estimate of drug-likeness (QED) is 0.300. The van der Waals surface area contributed by atoms with E-state index in [0.717, 1.165) is 23.3 Å². The third-order valence-electron chi connectivity index (χ3n) is 5.04. The Hall–Kier alpha value is -3.14. The van der Waals surface area contributed by atoms with Crippen molar-refractivity contribution in [3.05, 3.63) is 83.4 Å². The van der Waals surface area contributed by atoms with Gasteiger partial charge < -0.3 is 0 Å². The molecule has 32 heavy (non-hydrogen) atoms. The van der Waals surface area contributed by atoms with Gasteiger partial charge >= 0.3 is 0 Å². The lowest BCUT2D eigenvalue weighted by atomic mass is 10.0. The van der Waals surface area contributed by atoms with Crippen LogP contribution in [0.4, 0.5) is 5.13 Å². The number of carbonyl (C=O) groups excluding carboxylic acids is 1. The Labute approximate surface area is 190 Å². The van der Waals surface area contributed by atoms with Crippen molar-refractivity contribution >= 4 is 43.2 Å². The molecule has 0 aliphatic rings. The first-order valence-electron chi connectivity index (χ1n) is 10.1. The average molecular weight is 467 g/mol. The number of rotatable bonds is 8. The van der Waals surface area contributed by atoms with Crippen molar-refractivity contribution in [2.24, 2.45) is 0 Å². The van der Waals surface area contributed by atoms with Gasteiger partial charge in [-0.05, 0) is 47.7 Å². The smallest absolute Gasteiger partial charge is 0.269 e. The van der Waals surface area contributed by atoms with Crippen LogP contribution in [-0.2, 0) is 16.4 Å². The normalized spacial score (nSPS) is 11.5. The lowest BCUT2D eigenvalue weighted by Crippen LogP contribution is -2.25. The minimum absolute atomic E-state index is 0.134. The van der Waals surface area contributed by atoms with Crippen LogP contribution in [0, 0.1) is 6.92 Å². The molecule has 1 amide bonds. The van der Waals surface area contributed by atoms with Gasteiger partial charge in [0.2, 0.25) is 9.47 Å². The summed E-state index contributed by atoms with van der Waals surface area (Å²) in [5.74, 6) is -0.355. The van der Waals surface area contributed by atoms with Crippen LogP contribution in [0.1, 0.15) is 27.9 Å². The number of nitrogens with zero attached hydrogens (tertiary/aromatic N) is 2. The summed E-state index contributed by atoms with van der Waals surface area (Å²) in [4.78, 5) is 12.4. The maximum Gasteiger partial charge on any atom is 0.269 e. The molecule has 2 N–H and O–H groups in total. The second-order valence-electron chi connectivity index (χ2n) is 7.28. The topological polar surface area (TPSA) is 101 Å². The molecule has 0 aliphatic heterocycles. The first kappa shape index (κ1) is 22.1. The molecule has 7 nitrogen and oxygen atoms in total. The summed E-state index contributed by atoms with van der Waals surface area (Å²) in [6.45, 7) is 2.10. The molecule has 0 saturated carbocycles. The number of anilines is 1. The van der Waals surface area contributed by atoms with Crippen molar-refractivity contribution < 1.29 is 13.2 Å². The summed E-state index contributed by atoms with van der Waals surface area (Å²) < 4.78 is 27.5. The van der Waals surface area contributed by atoms with Crippen molar-refractivity contribution in [3.63, 3.8) is 0 Å². The summed E-state index contributed by atoms with van der Waals surface area (Å²) in [5, 5.41) is 12.6. The molecule has 1 heterocycles. The second-order valence-corrected chi connectivity index (χ2v) is 10.2. The van der Waals surface area contributed by atoms with Crippen molar-refractivity contribution in [2.75, 3.05) is 11.9 Å². The predicted octanol–water partition coefficient (Wildman–Crippen LogP) is 4.16. The van der Waals surface area contributed by atoms with E-state index >= 15 is 0 Å². The number of nitrogens with one attached hydrogen (secondary N) is 2. The molecule has 0 atom stereocenters. The fraction of sp³-hybridized carbons (Fsp3) is 0.174. The van der Waals surface area contributed by atoms with E-state index in [1.807, 2.05) is 37.3 Å².